The molecule has 1 atom stereocenters. The number of carbonyl (C=O) groups excluding carboxylic acids is 1. The van der Waals surface area contributed by atoms with Gasteiger partial charge >= 0.3 is 6.18 Å². The van der Waals surface area contributed by atoms with Crippen molar-refractivity contribution in [1.82, 2.24) is 5.32 Å². The van der Waals surface area contributed by atoms with Gasteiger partial charge < -0.3 is 15.4 Å². The fraction of sp³-hybridized carbons (Fsp3) is 0.172. The van der Waals surface area contributed by atoms with Crippen LogP contribution in [0.15, 0.2) is 101 Å². The van der Waals surface area contributed by atoms with Crippen LogP contribution in [-0.2, 0) is 16.7 Å². The number of allylic oxidation sites excluding steroid dienone is 2. The number of benzene rings is 3. The molecule has 3 aromatic rings. The first-order valence-corrected chi connectivity index (χ1v) is 12.6. The Morgan fingerprint density at radius 2 is 1.71 bits per heavy atom. The Morgan fingerprint density at radius 3 is 2.39 bits per heavy atom. The molecule has 0 radical (unpaired) electrons. The van der Waals surface area contributed by atoms with Gasteiger partial charge in [0.15, 0.2) is 0 Å². The van der Waals surface area contributed by atoms with Gasteiger partial charge in [-0.2, -0.15) is 13.2 Å². The number of alkyl halides is 3. The number of carbonyl (C=O) groups is 1. The molecule has 1 aliphatic heterocycles. The number of amides is 1. The number of dihydropyridines is 1. The Hall–Kier alpha value is -4.16. The molecule has 2 N–H and O–H groups in total. The molecule has 1 heterocycles. The van der Waals surface area contributed by atoms with E-state index >= 15 is 0 Å². The van der Waals surface area contributed by atoms with Gasteiger partial charge in [-0.3, -0.25) is 4.79 Å². The van der Waals surface area contributed by atoms with Gasteiger partial charge in [0.1, 0.15) is 5.75 Å². The third-order valence-corrected chi connectivity index (χ3v) is 7.10. The standard InChI is InChI=1S/C29H24F3N3O2S/c1-18-24(27(36)35-22-15-9-10-16-23(22)37-3)25(20-13-7-8-14-21(20)29(30,31)32)26(33-2)28(34-18)38-17-19-11-5-4-6-12-19/h4-16,25,34H,17H2,1,3H3,(H,35,36). The minimum absolute atomic E-state index is 0.0263. The van der Waals surface area contributed by atoms with Crippen LogP contribution in [-0.4, -0.2) is 13.0 Å². The van der Waals surface area contributed by atoms with Crippen LogP contribution >= 0.6 is 11.8 Å². The van der Waals surface area contributed by atoms with E-state index < -0.39 is 23.6 Å². The number of hydrogen-bond acceptors (Lipinski definition) is 4. The highest BCUT2D eigenvalue weighted by Gasteiger charge is 2.41. The molecule has 3 aromatic carbocycles. The van der Waals surface area contributed by atoms with E-state index in [1.807, 2.05) is 30.3 Å². The number of ether oxygens (including phenoxy) is 1. The first-order chi connectivity index (χ1) is 18.2. The first kappa shape index (κ1) is 26.9. The van der Waals surface area contributed by atoms with Crippen molar-refractivity contribution in [3.63, 3.8) is 0 Å². The summed E-state index contributed by atoms with van der Waals surface area (Å²) in [6.07, 6.45) is -4.68. The van der Waals surface area contributed by atoms with Gasteiger partial charge in [-0.1, -0.05) is 60.7 Å². The minimum Gasteiger partial charge on any atom is -0.495 e. The van der Waals surface area contributed by atoms with Gasteiger partial charge in [0.2, 0.25) is 5.70 Å². The van der Waals surface area contributed by atoms with Crippen molar-refractivity contribution in [2.75, 3.05) is 12.4 Å². The summed E-state index contributed by atoms with van der Waals surface area (Å²) in [6.45, 7) is 9.59. The zero-order valence-electron chi connectivity index (χ0n) is 20.6. The van der Waals surface area contributed by atoms with E-state index in [4.69, 9.17) is 11.3 Å². The van der Waals surface area contributed by atoms with Crippen LogP contribution in [0.1, 0.15) is 29.5 Å². The van der Waals surface area contributed by atoms with Gasteiger partial charge in [0, 0.05) is 17.0 Å². The molecule has 1 aliphatic rings. The van der Waals surface area contributed by atoms with Crippen LogP contribution in [0, 0.1) is 6.57 Å². The third kappa shape index (κ3) is 5.71. The summed E-state index contributed by atoms with van der Waals surface area (Å²) in [5, 5.41) is 6.30. The molecule has 0 aliphatic carbocycles. The number of methoxy groups -OCH3 is 1. The maximum atomic E-state index is 14.1. The quantitative estimate of drug-likeness (QED) is 0.311. The van der Waals surface area contributed by atoms with Crippen molar-refractivity contribution in [3.05, 3.63) is 129 Å². The van der Waals surface area contributed by atoms with Gasteiger partial charge in [-0.05, 0) is 36.2 Å². The smallest absolute Gasteiger partial charge is 0.416 e. The van der Waals surface area contributed by atoms with Crippen molar-refractivity contribution in [3.8, 4) is 5.75 Å². The molecule has 1 unspecified atom stereocenters. The van der Waals surface area contributed by atoms with Crippen LogP contribution in [0.5, 0.6) is 5.75 Å². The van der Waals surface area contributed by atoms with Crippen molar-refractivity contribution in [2.45, 2.75) is 24.8 Å². The van der Waals surface area contributed by atoms with E-state index in [1.165, 1.54) is 37.1 Å². The highest BCUT2D eigenvalue weighted by molar-refractivity contribution is 8.02. The molecule has 1 amide bonds. The molecule has 0 aromatic heterocycles. The minimum atomic E-state index is -4.68. The molecule has 5 nitrogen and oxygen atoms in total. The number of nitrogens with one attached hydrogen (secondary N) is 2. The van der Waals surface area contributed by atoms with E-state index in [2.05, 4.69) is 15.5 Å². The predicted octanol–water partition coefficient (Wildman–Crippen LogP) is 7.34. The number of thioether (sulfide) groups is 1. The number of rotatable bonds is 7. The Balaban J connectivity index is 1.82. The summed E-state index contributed by atoms with van der Waals surface area (Å²) in [5.41, 5.74) is 0.722. The Kier molecular flexibility index (Phi) is 8.13. The second-order valence-electron chi connectivity index (χ2n) is 8.44. The Morgan fingerprint density at radius 1 is 1.05 bits per heavy atom. The van der Waals surface area contributed by atoms with Gasteiger partial charge in [-0.15, -0.1) is 11.8 Å². The average Bonchev–Trinajstić information content (AvgIpc) is 2.91. The van der Waals surface area contributed by atoms with E-state index in [-0.39, 0.29) is 16.8 Å². The average molecular weight is 536 g/mol. The predicted molar refractivity (Wildman–Crippen MR) is 143 cm³/mol. The third-order valence-electron chi connectivity index (χ3n) is 6.02. The van der Waals surface area contributed by atoms with Crippen LogP contribution in [0.3, 0.4) is 0 Å². The fourth-order valence-corrected chi connectivity index (χ4v) is 5.33. The molecule has 0 fully saturated rings. The molecule has 0 saturated heterocycles. The van der Waals surface area contributed by atoms with Crippen LogP contribution in [0.4, 0.5) is 18.9 Å². The summed E-state index contributed by atoms with van der Waals surface area (Å²) in [6, 6.07) is 21.3. The molecule has 0 saturated carbocycles. The summed E-state index contributed by atoms with van der Waals surface area (Å²) >= 11 is 1.31. The number of hydrogen-bond donors (Lipinski definition) is 2. The SMILES string of the molecule is [C-]#[N+]C1=C(SCc2ccccc2)NC(C)=C(C(=O)Nc2ccccc2OC)C1c1ccccc1C(F)(F)F. The van der Waals surface area contributed by atoms with E-state index in [9.17, 15) is 18.0 Å². The summed E-state index contributed by atoms with van der Waals surface area (Å²) in [4.78, 5) is 17.3. The van der Waals surface area contributed by atoms with E-state index in [1.54, 1.807) is 31.2 Å². The van der Waals surface area contributed by atoms with Crippen molar-refractivity contribution >= 4 is 23.4 Å². The largest absolute Gasteiger partial charge is 0.495 e. The molecule has 38 heavy (non-hydrogen) atoms. The monoisotopic (exact) mass is 535 g/mol. The Bertz CT molecular complexity index is 1440. The summed E-state index contributed by atoms with van der Waals surface area (Å²) < 4.78 is 47.7. The molecule has 0 spiro atoms. The highest BCUT2D eigenvalue weighted by Crippen LogP contribution is 2.46. The fourth-order valence-electron chi connectivity index (χ4n) is 4.29. The van der Waals surface area contributed by atoms with Gasteiger partial charge in [-0.25, -0.2) is 4.85 Å². The van der Waals surface area contributed by atoms with Gasteiger partial charge in [0.05, 0.1) is 35.9 Å². The molecular formula is C29H24F3N3O2S. The Labute approximate surface area is 223 Å². The second kappa shape index (κ2) is 11.5. The van der Waals surface area contributed by atoms with Crippen molar-refractivity contribution in [1.29, 1.82) is 0 Å². The lowest BCUT2D eigenvalue weighted by molar-refractivity contribution is -0.138. The lowest BCUT2D eigenvalue weighted by Gasteiger charge is -2.31. The zero-order valence-corrected chi connectivity index (χ0v) is 21.4. The van der Waals surface area contributed by atoms with E-state index in [0.29, 0.717) is 27.9 Å². The lowest BCUT2D eigenvalue weighted by Crippen LogP contribution is -2.31. The number of halogens is 3. The normalized spacial score (nSPS) is 15.5. The van der Waals surface area contributed by atoms with Crippen LogP contribution < -0.4 is 15.4 Å². The second-order valence-corrected chi connectivity index (χ2v) is 9.42. The number of para-hydroxylation sites is 2. The van der Waals surface area contributed by atoms with Crippen LogP contribution in [0.25, 0.3) is 4.85 Å². The topological polar surface area (TPSA) is 54.7 Å². The summed E-state index contributed by atoms with van der Waals surface area (Å²) in [7, 11) is 1.45. The summed E-state index contributed by atoms with van der Waals surface area (Å²) in [5.74, 6) is -0.976. The maximum Gasteiger partial charge on any atom is 0.416 e. The lowest BCUT2D eigenvalue weighted by atomic mass is 9.82. The van der Waals surface area contributed by atoms with E-state index in [0.717, 1.165) is 11.6 Å². The van der Waals surface area contributed by atoms with Gasteiger partial charge in [0.25, 0.3) is 5.91 Å². The molecule has 4 rings (SSSR count). The molecule has 9 heteroatoms. The molecule has 0 bridgehead atoms. The number of nitrogens with zero attached hydrogens (tertiary/aromatic N) is 1. The highest BCUT2D eigenvalue weighted by atomic mass is 32.2. The maximum absolute atomic E-state index is 14.1. The zero-order chi connectivity index (χ0) is 27.3. The van der Waals surface area contributed by atoms with Crippen LogP contribution in [0.2, 0.25) is 0 Å². The number of anilines is 1. The molecular weight excluding hydrogens is 511 g/mol. The van der Waals surface area contributed by atoms with Crippen molar-refractivity contribution < 1.29 is 22.7 Å². The molecule has 194 valence electrons. The first-order valence-electron chi connectivity index (χ1n) is 11.6. The van der Waals surface area contributed by atoms with Crippen molar-refractivity contribution in [2.24, 2.45) is 0 Å².